The summed E-state index contributed by atoms with van der Waals surface area (Å²) in [5.41, 5.74) is 0.512. The van der Waals surface area contributed by atoms with Crippen LogP contribution >= 0.6 is 38.5 Å². The number of halogens is 2. The average Bonchev–Trinajstić information content (AvgIpc) is 2.89. The van der Waals surface area contributed by atoms with Gasteiger partial charge in [-0.3, -0.25) is 0 Å². The topological polar surface area (TPSA) is 44.8 Å². The first-order chi connectivity index (χ1) is 9.63. The van der Waals surface area contributed by atoms with Crippen molar-refractivity contribution in [2.75, 3.05) is 6.79 Å². The zero-order valence-corrected chi connectivity index (χ0v) is 13.8. The van der Waals surface area contributed by atoms with E-state index in [1.165, 1.54) is 0 Å². The Labute approximate surface area is 137 Å². The van der Waals surface area contributed by atoms with Crippen molar-refractivity contribution in [1.82, 2.24) is 0 Å². The van der Waals surface area contributed by atoms with Gasteiger partial charge in [-0.2, -0.15) is 0 Å². The van der Waals surface area contributed by atoms with Gasteiger partial charge in [0.25, 0.3) is 0 Å². The molecule has 0 amide bonds. The van der Waals surface area contributed by atoms with Crippen LogP contribution in [0.5, 0.6) is 17.2 Å². The highest BCUT2D eigenvalue weighted by Crippen LogP contribution is 2.35. The maximum atomic E-state index is 12.2. The summed E-state index contributed by atoms with van der Waals surface area (Å²) in [7, 11) is 0. The quantitative estimate of drug-likeness (QED) is 0.397. The molecule has 2 aromatic carbocycles. The molecule has 20 heavy (non-hydrogen) atoms. The maximum Gasteiger partial charge on any atom is 0.344 e. The third kappa shape index (κ3) is 2.76. The Morgan fingerprint density at radius 2 is 1.95 bits per heavy atom. The standard InChI is InChI=1S/C14H8BrIO4/c15-8-1-3-11(16)10(5-8)14(17)20-9-2-4-12-13(6-9)19-7-18-12/h1-6H,7H2. The first-order valence-corrected chi connectivity index (χ1v) is 7.57. The molecule has 0 aliphatic carbocycles. The number of hydrogen-bond acceptors (Lipinski definition) is 4. The van der Waals surface area contributed by atoms with Crippen molar-refractivity contribution < 1.29 is 19.0 Å². The van der Waals surface area contributed by atoms with E-state index >= 15 is 0 Å². The lowest BCUT2D eigenvalue weighted by Crippen LogP contribution is -2.10. The van der Waals surface area contributed by atoms with Crippen LogP contribution in [0.25, 0.3) is 0 Å². The number of hydrogen-bond donors (Lipinski definition) is 0. The van der Waals surface area contributed by atoms with Gasteiger partial charge in [0, 0.05) is 14.1 Å². The molecule has 102 valence electrons. The number of rotatable bonds is 2. The van der Waals surface area contributed by atoms with E-state index in [-0.39, 0.29) is 6.79 Å². The molecule has 0 bridgehead atoms. The van der Waals surface area contributed by atoms with Gasteiger partial charge in [0.05, 0.1) is 5.56 Å². The number of esters is 1. The molecule has 0 radical (unpaired) electrons. The van der Waals surface area contributed by atoms with Gasteiger partial charge in [-0.25, -0.2) is 4.79 Å². The number of carbonyl (C=O) groups is 1. The minimum Gasteiger partial charge on any atom is -0.454 e. The fraction of sp³-hybridized carbons (Fsp3) is 0.0714. The second kappa shape index (κ2) is 5.61. The molecular weight excluding hydrogens is 439 g/mol. The van der Waals surface area contributed by atoms with Crippen LogP contribution in [-0.2, 0) is 0 Å². The smallest absolute Gasteiger partial charge is 0.344 e. The van der Waals surface area contributed by atoms with Gasteiger partial charge in [-0.1, -0.05) is 15.9 Å². The van der Waals surface area contributed by atoms with Gasteiger partial charge in [0.2, 0.25) is 6.79 Å². The average molecular weight is 447 g/mol. The van der Waals surface area contributed by atoms with E-state index in [2.05, 4.69) is 38.5 Å². The minimum absolute atomic E-state index is 0.191. The van der Waals surface area contributed by atoms with Gasteiger partial charge < -0.3 is 14.2 Å². The highest BCUT2D eigenvalue weighted by Gasteiger charge is 2.17. The summed E-state index contributed by atoms with van der Waals surface area (Å²) in [6.45, 7) is 0.191. The Balaban J connectivity index is 1.84. The summed E-state index contributed by atoms with van der Waals surface area (Å²) in [5.74, 6) is 1.26. The van der Waals surface area contributed by atoms with Crippen molar-refractivity contribution in [2.45, 2.75) is 0 Å². The molecule has 6 heteroatoms. The third-order valence-electron chi connectivity index (χ3n) is 2.70. The normalized spacial score (nSPS) is 12.3. The van der Waals surface area contributed by atoms with Crippen LogP contribution in [-0.4, -0.2) is 12.8 Å². The highest BCUT2D eigenvalue weighted by atomic mass is 127. The molecule has 1 aliphatic rings. The van der Waals surface area contributed by atoms with Gasteiger partial charge in [-0.05, 0) is 52.9 Å². The Bertz CT molecular complexity index is 687. The lowest BCUT2D eigenvalue weighted by molar-refractivity contribution is 0.0733. The molecule has 0 spiro atoms. The van der Waals surface area contributed by atoms with Gasteiger partial charge >= 0.3 is 5.97 Å². The first-order valence-electron chi connectivity index (χ1n) is 5.70. The zero-order valence-electron chi connectivity index (χ0n) is 10.1. The zero-order chi connectivity index (χ0) is 14.1. The monoisotopic (exact) mass is 446 g/mol. The van der Waals surface area contributed by atoms with Crippen LogP contribution in [0.4, 0.5) is 0 Å². The van der Waals surface area contributed by atoms with Gasteiger partial charge in [0.15, 0.2) is 11.5 Å². The Morgan fingerprint density at radius 3 is 2.80 bits per heavy atom. The predicted octanol–water partition coefficient (Wildman–Crippen LogP) is 4.00. The molecule has 3 rings (SSSR count). The fourth-order valence-corrected chi connectivity index (χ4v) is 2.67. The highest BCUT2D eigenvalue weighted by molar-refractivity contribution is 14.1. The number of ether oxygens (including phenoxy) is 3. The number of carbonyl (C=O) groups excluding carboxylic acids is 1. The molecule has 2 aromatic rings. The maximum absolute atomic E-state index is 12.2. The van der Waals surface area contributed by atoms with E-state index in [0.717, 1.165) is 8.04 Å². The molecule has 0 aromatic heterocycles. The van der Waals surface area contributed by atoms with E-state index in [9.17, 15) is 4.79 Å². The van der Waals surface area contributed by atoms with Gasteiger partial charge in [-0.15, -0.1) is 0 Å². The summed E-state index contributed by atoms with van der Waals surface area (Å²) < 4.78 is 17.5. The molecule has 4 nitrogen and oxygen atoms in total. The Morgan fingerprint density at radius 1 is 1.15 bits per heavy atom. The van der Waals surface area contributed by atoms with Crippen LogP contribution in [0.3, 0.4) is 0 Å². The predicted molar refractivity (Wildman–Crippen MR) is 84.4 cm³/mol. The minimum atomic E-state index is -0.408. The molecule has 0 saturated carbocycles. The lowest BCUT2D eigenvalue weighted by Gasteiger charge is -2.07. The summed E-state index contributed by atoms with van der Waals surface area (Å²) >= 11 is 5.44. The Kier molecular flexibility index (Phi) is 3.84. The molecule has 1 aliphatic heterocycles. The van der Waals surface area contributed by atoms with Crippen LogP contribution in [0, 0.1) is 3.57 Å². The van der Waals surface area contributed by atoms with E-state index in [0.29, 0.717) is 22.8 Å². The van der Waals surface area contributed by atoms with E-state index < -0.39 is 5.97 Å². The second-order valence-corrected chi connectivity index (χ2v) is 6.11. The molecule has 0 fully saturated rings. The number of fused-ring (bicyclic) bond motifs is 1. The van der Waals surface area contributed by atoms with Crippen molar-refractivity contribution in [2.24, 2.45) is 0 Å². The van der Waals surface area contributed by atoms with Crippen LogP contribution in [0.15, 0.2) is 40.9 Å². The third-order valence-corrected chi connectivity index (χ3v) is 4.14. The molecule has 0 unspecified atom stereocenters. The summed E-state index contributed by atoms with van der Waals surface area (Å²) in [4.78, 5) is 12.2. The molecule has 0 atom stereocenters. The Hall–Kier alpha value is -1.28. The lowest BCUT2D eigenvalue weighted by atomic mass is 10.2. The van der Waals surface area contributed by atoms with Crippen molar-refractivity contribution in [1.29, 1.82) is 0 Å². The van der Waals surface area contributed by atoms with Crippen molar-refractivity contribution in [3.63, 3.8) is 0 Å². The fourth-order valence-electron chi connectivity index (χ4n) is 1.76. The van der Waals surface area contributed by atoms with Crippen molar-refractivity contribution >= 4 is 44.5 Å². The van der Waals surface area contributed by atoms with Crippen molar-refractivity contribution in [3.8, 4) is 17.2 Å². The van der Waals surface area contributed by atoms with Crippen LogP contribution in [0.2, 0.25) is 0 Å². The van der Waals surface area contributed by atoms with Crippen LogP contribution in [0.1, 0.15) is 10.4 Å². The summed E-state index contributed by atoms with van der Waals surface area (Å²) in [6.07, 6.45) is 0. The SMILES string of the molecule is O=C(Oc1ccc2c(c1)OCO2)c1cc(Br)ccc1I. The summed E-state index contributed by atoms with van der Waals surface area (Å²) in [5, 5.41) is 0. The molecule has 0 N–H and O–H groups in total. The molecule has 0 saturated heterocycles. The van der Waals surface area contributed by atoms with Crippen molar-refractivity contribution in [3.05, 3.63) is 50.0 Å². The van der Waals surface area contributed by atoms with E-state index in [1.54, 1.807) is 24.3 Å². The van der Waals surface area contributed by atoms with E-state index in [4.69, 9.17) is 14.2 Å². The first kappa shape index (κ1) is 13.7. The molecule has 1 heterocycles. The van der Waals surface area contributed by atoms with Crippen LogP contribution < -0.4 is 14.2 Å². The largest absolute Gasteiger partial charge is 0.454 e. The van der Waals surface area contributed by atoms with E-state index in [1.807, 2.05) is 12.1 Å². The second-order valence-electron chi connectivity index (χ2n) is 4.03. The summed E-state index contributed by atoms with van der Waals surface area (Å²) in [6, 6.07) is 10.5. The molecular formula is C14H8BrIO4. The number of benzene rings is 2. The van der Waals surface area contributed by atoms with Gasteiger partial charge in [0.1, 0.15) is 5.75 Å².